The van der Waals surface area contributed by atoms with Crippen molar-refractivity contribution in [3.63, 3.8) is 0 Å². The van der Waals surface area contributed by atoms with Crippen LogP contribution >= 0.6 is 22.7 Å². The molecular formula is C82H67BN4S2. The number of hydrogen-bond donors (Lipinski definition) is 0. The van der Waals surface area contributed by atoms with Gasteiger partial charge >= 0.3 is 0 Å². The molecule has 2 aromatic heterocycles. The van der Waals surface area contributed by atoms with Crippen LogP contribution in [-0.2, 0) is 10.8 Å². The molecule has 4 nitrogen and oxygen atoms in total. The normalized spacial score (nSPS) is 22.1. The minimum Gasteiger partial charge on any atom is -0.334 e. The summed E-state index contributed by atoms with van der Waals surface area (Å²) in [6.07, 6.45) is 9.42. The lowest BCUT2D eigenvalue weighted by molar-refractivity contribution is 0.195. The molecule has 4 atom stereocenters. The molecule has 4 aliphatic heterocycles. The Bertz CT molecular complexity index is 5130. The zero-order valence-corrected chi connectivity index (χ0v) is 52.5. The van der Waals surface area contributed by atoms with E-state index in [-0.39, 0.29) is 28.6 Å². The SMILES string of the molecule is CC12CCCCC1(C)N(c1ccc3c(c1)N(c1cccc4c1sc1ccccc14)c1cc(N4c5ccc(-c6ccccc6)cc5C5(C)CCCCC45C)cc4c1B3c1ccc(-c3ccccc3)cc1N4c1cccc3c1sc1ccccc13)c1ccccc12. The second kappa shape index (κ2) is 18.8. The number of thiophene rings is 2. The summed E-state index contributed by atoms with van der Waals surface area (Å²) < 4.78 is 5.23. The van der Waals surface area contributed by atoms with Crippen molar-refractivity contribution in [2.45, 2.75) is 101 Å². The van der Waals surface area contributed by atoms with Crippen molar-refractivity contribution in [1.29, 1.82) is 0 Å². The van der Waals surface area contributed by atoms with E-state index in [9.17, 15) is 0 Å². The summed E-state index contributed by atoms with van der Waals surface area (Å²) in [6, 6.07) is 91.8. The number of rotatable bonds is 6. The van der Waals surface area contributed by atoms with Gasteiger partial charge in [-0.25, -0.2) is 0 Å². The van der Waals surface area contributed by atoms with Gasteiger partial charge in [0, 0.05) is 87.3 Å². The molecule has 89 heavy (non-hydrogen) atoms. The van der Waals surface area contributed by atoms with Crippen molar-refractivity contribution >= 4 is 143 Å². The van der Waals surface area contributed by atoms with E-state index in [2.05, 4.69) is 284 Å². The van der Waals surface area contributed by atoms with Crippen LogP contribution in [0.2, 0.25) is 0 Å². The van der Waals surface area contributed by atoms with Crippen LogP contribution in [0.25, 0.3) is 62.6 Å². The van der Waals surface area contributed by atoms with E-state index >= 15 is 0 Å². The average Bonchev–Trinajstić information content (AvgIpc) is 1.70. The largest absolute Gasteiger partial charge is 0.334 e. The maximum Gasteiger partial charge on any atom is 0.252 e. The Balaban J connectivity index is 0.949. The highest BCUT2D eigenvalue weighted by Crippen LogP contribution is 2.64. The fourth-order valence-electron chi connectivity index (χ4n) is 18.4. The smallest absolute Gasteiger partial charge is 0.252 e. The van der Waals surface area contributed by atoms with E-state index < -0.39 is 0 Å². The van der Waals surface area contributed by atoms with Gasteiger partial charge in [0.05, 0.1) is 31.9 Å². The van der Waals surface area contributed by atoms with Gasteiger partial charge in [-0.05, 0) is 162 Å². The summed E-state index contributed by atoms with van der Waals surface area (Å²) >= 11 is 3.87. The minimum atomic E-state index is -0.228. The molecule has 6 aliphatic rings. The fourth-order valence-corrected chi connectivity index (χ4v) is 20.8. The van der Waals surface area contributed by atoms with Crippen molar-refractivity contribution in [3.8, 4) is 22.3 Å². The first-order valence-corrected chi connectivity index (χ1v) is 34.1. The van der Waals surface area contributed by atoms with E-state index in [1.54, 1.807) is 0 Å². The highest BCUT2D eigenvalue weighted by molar-refractivity contribution is 7.27. The molecule has 11 aromatic carbocycles. The number of anilines is 10. The van der Waals surface area contributed by atoms with Crippen molar-refractivity contribution in [2.24, 2.45) is 0 Å². The lowest BCUT2D eigenvalue weighted by atomic mass is 9.33. The number of para-hydroxylation sites is 1. The van der Waals surface area contributed by atoms with Gasteiger partial charge in [-0.3, -0.25) is 0 Å². The predicted molar refractivity (Wildman–Crippen MR) is 383 cm³/mol. The summed E-state index contributed by atoms with van der Waals surface area (Å²) in [5.41, 5.74) is 24.1. The molecule has 430 valence electrons. The third kappa shape index (κ3) is 7.01. The molecule has 0 saturated heterocycles. The Morgan fingerprint density at radius 2 is 0.775 bits per heavy atom. The topological polar surface area (TPSA) is 13.0 Å². The van der Waals surface area contributed by atoms with Crippen LogP contribution < -0.4 is 36.0 Å². The summed E-state index contributed by atoms with van der Waals surface area (Å²) in [5.74, 6) is 0. The van der Waals surface area contributed by atoms with Crippen LogP contribution in [0.3, 0.4) is 0 Å². The van der Waals surface area contributed by atoms with Gasteiger partial charge in [0.25, 0.3) is 6.71 Å². The van der Waals surface area contributed by atoms with Gasteiger partial charge in [0.2, 0.25) is 0 Å². The maximum absolute atomic E-state index is 2.85. The van der Waals surface area contributed by atoms with Crippen molar-refractivity contribution < 1.29 is 0 Å². The second-order valence-electron chi connectivity index (χ2n) is 27.3. The minimum absolute atomic E-state index is 0.00755. The highest BCUT2D eigenvalue weighted by Gasteiger charge is 2.60. The molecule has 0 amide bonds. The first-order chi connectivity index (χ1) is 43.6. The molecule has 2 aliphatic carbocycles. The Labute approximate surface area is 530 Å². The third-order valence-electron chi connectivity index (χ3n) is 23.1. The second-order valence-corrected chi connectivity index (χ2v) is 29.4. The Morgan fingerprint density at radius 3 is 1.39 bits per heavy atom. The maximum atomic E-state index is 2.85. The van der Waals surface area contributed by atoms with Gasteiger partial charge < -0.3 is 19.6 Å². The van der Waals surface area contributed by atoms with Crippen LogP contribution in [0.5, 0.6) is 0 Å². The molecule has 6 heterocycles. The van der Waals surface area contributed by atoms with E-state index in [0.29, 0.717) is 0 Å². The number of nitrogens with zero attached hydrogens (tertiary/aromatic N) is 4. The number of fused-ring (bicyclic) bond motifs is 16. The van der Waals surface area contributed by atoms with Gasteiger partial charge in [0.1, 0.15) is 0 Å². The van der Waals surface area contributed by atoms with E-state index in [1.165, 1.54) is 179 Å². The average molecular weight is 1180 g/mol. The summed E-state index contributed by atoms with van der Waals surface area (Å²) in [7, 11) is 0. The molecule has 0 N–H and O–H groups in total. The van der Waals surface area contributed by atoms with E-state index in [0.717, 1.165) is 19.3 Å². The van der Waals surface area contributed by atoms with Crippen LogP contribution in [0.1, 0.15) is 90.2 Å². The zero-order chi connectivity index (χ0) is 59.1. The quantitative estimate of drug-likeness (QED) is 0.154. The van der Waals surface area contributed by atoms with Crippen molar-refractivity contribution in [2.75, 3.05) is 19.6 Å². The van der Waals surface area contributed by atoms with Gasteiger partial charge in [0.15, 0.2) is 0 Å². The predicted octanol–water partition coefficient (Wildman–Crippen LogP) is 21.3. The Morgan fingerprint density at radius 1 is 0.326 bits per heavy atom. The lowest BCUT2D eigenvalue weighted by Gasteiger charge is -2.51. The Kier molecular flexibility index (Phi) is 11.0. The Hall–Kier alpha value is -8.88. The lowest BCUT2D eigenvalue weighted by Crippen LogP contribution is -2.61. The molecule has 2 fully saturated rings. The molecule has 2 saturated carbocycles. The molecule has 0 radical (unpaired) electrons. The molecule has 4 unspecified atom stereocenters. The van der Waals surface area contributed by atoms with Crippen LogP contribution in [-0.4, -0.2) is 17.8 Å². The van der Waals surface area contributed by atoms with E-state index in [1.807, 2.05) is 22.7 Å². The standard InChI is InChI=1S/C82H67BN4S2/c1-79-43-17-19-45-81(79,3)86(66-32-14-13-31-62(66)79)56-39-41-65-71(49-56)85(69-34-22-30-61-59-28-12-16-36-75(59)89-78(61)69)73-51-57(87-67-42-38-54(52-23-7-5-8-24-52)47-63(67)80(2)44-18-20-46-82(80,87)4)50-72-76(73)83(65)64-40-37-55(53-25-9-6-10-26-53)48-70(64)84(72)68-33-21-29-60-58-27-11-15-35-74(58)88-77(60)68/h5-16,21-42,47-51H,17-20,43-46H2,1-4H3. The molecule has 0 spiro atoms. The molecule has 19 rings (SSSR count). The summed E-state index contributed by atoms with van der Waals surface area (Å²) in [5, 5.41) is 5.22. The molecule has 7 heteroatoms. The number of benzene rings is 11. The van der Waals surface area contributed by atoms with Gasteiger partial charge in [-0.15, -0.1) is 22.7 Å². The first-order valence-electron chi connectivity index (χ1n) is 32.4. The highest BCUT2D eigenvalue weighted by atomic mass is 32.1. The molecule has 13 aromatic rings. The van der Waals surface area contributed by atoms with Crippen molar-refractivity contribution in [3.05, 3.63) is 248 Å². The first kappa shape index (κ1) is 52.1. The third-order valence-corrected chi connectivity index (χ3v) is 25.6. The molecular weight excluding hydrogens is 1120 g/mol. The molecule has 0 bridgehead atoms. The van der Waals surface area contributed by atoms with Gasteiger partial charge in [-0.1, -0.05) is 203 Å². The number of hydrogen-bond acceptors (Lipinski definition) is 6. The van der Waals surface area contributed by atoms with Crippen LogP contribution in [0.15, 0.2) is 237 Å². The van der Waals surface area contributed by atoms with Crippen LogP contribution in [0, 0.1) is 0 Å². The van der Waals surface area contributed by atoms with Crippen LogP contribution in [0.4, 0.5) is 56.9 Å². The summed E-state index contributed by atoms with van der Waals surface area (Å²) in [4.78, 5) is 11.1. The zero-order valence-electron chi connectivity index (χ0n) is 50.9. The van der Waals surface area contributed by atoms with Crippen molar-refractivity contribution in [1.82, 2.24) is 0 Å². The summed E-state index contributed by atoms with van der Waals surface area (Å²) in [6.45, 7) is 10.3. The van der Waals surface area contributed by atoms with E-state index in [4.69, 9.17) is 0 Å². The monoisotopic (exact) mass is 1180 g/mol. The fraction of sp³-hybridized carbons (Fsp3) is 0.195. The van der Waals surface area contributed by atoms with Gasteiger partial charge in [-0.2, -0.15) is 0 Å².